The van der Waals surface area contributed by atoms with Crippen molar-refractivity contribution < 1.29 is 4.74 Å². The molecule has 0 fully saturated rings. The third-order valence-electron chi connectivity index (χ3n) is 4.55. The molecule has 28 heavy (non-hydrogen) atoms. The van der Waals surface area contributed by atoms with Crippen molar-refractivity contribution in [1.29, 1.82) is 0 Å². The number of nitrogens with one attached hydrogen (secondary N) is 1. The van der Waals surface area contributed by atoms with Gasteiger partial charge in [0, 0.05) is 53.6 Å². The molecule has 0 aromatic carbocycles. The Balaban J connectivity index is 1.73. The van der Waals surface area contributed by atoms with Crippen LogP contribution in [0.25, 0.3) is 22.6 Å². The van der Waals surface area contributed by atoms with Crippen LogP contribution in [0, 0.1) is 6.92 Å². The predicted octanol–water partition coefficient (Wildman–Crippen LogP) is 1.48. The van der Waals surface area contributed by atoms with Gasteiger partial charge in [-0.05, 0) is 19.4 Å². The van der Waals surface area contributed by atoms with Gasteiger partial charge in [0.15, 0.2) is 11.5 Å². The summed E-state index contributed by atoms with van der Waals surface area (Å²) in [5.41, 5.74) is 9.05. The Morgan fingerprint density at radius 2 is 2.21 bits per heavy atom. The Morgan fingerprint density at radius 1 is 1.36 bits per heavy atom. The number of ether oxygens (including phenoxy) is 1. The van der Waals surface area contributed by atoms with E-state index >= 15 is 0 Å². The minimum atomic E-state index is -0.0740. The first-order valence-corrected chi connectivity index (χ1v) is 9.06. The van der Waals surface area contributed by atoms with Gasteiger partial charge < -0.3 is 10.5 Å². The average molecular weight is 379 g/mol. The second-order valence-corrected chi connectivity index (χ2v) is 6.34. The lowest BCUT2D eigenvalue weighted by molar-refractivity contribution is 0.328. The second-order valence-electron chi connectivity index (χ2n) is 6.34. The number of pyridine rings is 1. The number of rotatable bonds is 6. The summed E-state index contributed by atoms with van der Waals surface area (Å²) in [6, 6.07) is 3.57. The van der Waals surface area contributed by atoms with Crippen molar-refractivity contribution in [3.8, 4) is 22.7 Å². The van der Waals surface area contributed by atoms with Gasteiger partial charge >= 0.3 is 0 Å². The van der Waals surface area contributed by atoms with Gasteiger partial charge in [-0.25, -0.2) is 19.2 Å². The minimum absolute atomic E-state index is 0.0740. The van der Waals surface area contributed by atoms with Crippen molar-refractivity contribution in [3.63, 3.8) is 0 Å². The molecule has 0 atom stereocenters. The first-order valence-electron chi connectivity index (χ1n) is 9.06. The minimum Gasteiger partial charge on any atom is -0.492 e. The van der Waals surface area contributed by atoms with E-state index in [0.29, 0.717) is 42.4 Å². The number of aryl methyl sites for hydroxylation is 1. The van der Waals surface area contributed by atoms with Crippen molar-refractivity contribution >= 4 is 5.65 Å². The maximum absolute atomic E-state index is 12.6. The van der Waals surface area contributed by atoms with Gasteiger partial charge in [0.2, 0.25) is 0 Å². The fraction of sp³-hybridized carbons (Fsp3) is 0.263. The molecule has 0 aliphatic rings. The maximum Gasteiger partial charge on any atom is 0.276 e. The number of aromatic amines is 1. The molecule has 0 aliphatic carbocycles. The number of nitrogens with two attached hydrogens (primary N) is 1. The first kappa shape index (κ1) is 17.9. The van der Waals surface area contributed by atoms with E-state index in [1.807, 2.05) is 20.0 Å². The van der Waals surface area contributed by atoms with Gasteiger partial charge in [0.05, 0.1) is 6.20 Å². The summed E-state index contributed by atoms with van der Waals surface area (Å²) in [7, 11) is 0. The zero-order valence-electron chi connectivity index (χ0n) is 15.7. The van der Waals surface area contributed by atoms with Gasteiger partial charge in [-0.15, -0.1) is 0 Å². The van der Waals surface area contributed by atoms with Crippen LogP contribution >= 0.6 is 0 Å². The third-order valence-corrected chi connectivity index (χ3v) is 4.55. The van der Waals surface area contributed by atoms with E-state index in [9.17, 15) is 4.79 Å². The van der Waals surface area contributed by atoms with Crippen LogP contribution in [0.5, 0.6) is 5.75 Å². The molecule has 0 radical (unpaired) electrons. The number of nitrogens with zero attached hydrogens (tertiary/aromatic N) is 5. The topological polar surface area (TPSA) is 116 Å². The van der Waals surface area contributed by atoms with Crippen LogP contribution < -0.4 is 16.0 Å². The first-order chi connectivity index (χ1) is 13.6. The van der Waals surface area contributed by atoms with E-state index in [4.69, 9.17) is 10.5 Å². The normalized spacial score (nSPS) is 11.2. The largest absolute Gasteiger partial charge is 0.492 e. The maximum atomic E-state index is 12.6. The zero-order valence-corrected chi connectivity index (χ0v) is 15.7. The fourth-order valence-electron chi connectivity index (χ4n) is 3.15. The molecular weight excluding hydrogens is 358 g/mol. The van der Waals surface area contributed by atoms with E-state index in [-0.39, 0.29) is 5.56 Å². The predicted molar refractivity (Wildman–Crippen MR) is 105 cm³/mol. The van der Waals surface area contributed by atoms with Crippen molar-refractivity contribution in [1.82, 2.24) is 29.4 Å². The lowest BCUT2D eigenvalue weighted by atomic mass is 10.1. The van der Waals surface area contributed by atoms with Crippen molar-refractivity contribution in [2.24, 2.45) is 5.73 Å². The molecule has 144 valence electrons. The van der Waals surface area contributed by atoms with Crippen LogP contribution in [0.3, 0.4) is 0 Å². The highest BCUT2D eigenvalue weighted by atomic mass is 16.5. The highest BCUT2D eigenvalue weighted by Crippen LogP contribution is 2.24. The molecule has 9 heteroatoms. The van der Waals surface area contributed by atoms with Crippen LogP contribution in [0.4, 0.5) is 0 Å². The molecule has 0 saturated heterocycles. The van der Waals surface area contributed by atoms with Crippen LogP contribution in [-0.4, -0.2) is 42.5 Å². The molecule has 0 spiro atoms. The Labute approximate surface area is 160 Å². The molecular formula is C19H21N7O2. The summed E-state index contributed by atoms with van der Waals surface area (Å²) in [5.74, 6) is 1.30. The standard InChI is InChI=1S/C19H21N7O2/c1-3-15-12(2)24-18-16(10-23-26(18)19(15)27)13-9-22-25(11-13)17-8-14(4-6-21-17)28-7-5-20/h4,6,8-11,23H,3,5,7,20H2,1-2H3. The average Bonchev–Trinajstić information content (AvgIpc) is 3.34. The molecule has 0 saturated carbocycles. The number of H-pyrrole nitrogens is 1. The summed E-state index contributed by atoms with van der Waals surface area (Å²) in [6.45, 7) is 4.68. The van der Waals surface area contributed by atoms with Gasteiger partial charge in [-0.2, -0.15) is 5.10 Å². The van der Waals surface area contributed by atoms with Crippen molar-refractivity contribution in [3.05, 3.63) is 58.5 Å². The lowest BCUT2D eigenvalue weighted by Gasteiger charge is -2.06. The molecule has 0 amide bonds. The summed E-state index contributed by atoms with van der Waals surface area (Å²) in [4.78, 5) is 21.6. The summed E-state index contributed by atoms with van der Waals surface area (Å²) in [6.07, 6.45) is 7.62. The van der Waals surface area contributed by atoms with Gasteiger partial charge in [-0.3, -0.25) is 9.89 Å². The smallest absolute Gasteiger partial charge is 0.276 e. The highest BCUT2D eigenvalue weighted by molar-refractivity contribution is 5.76. The lowest BCUT2D eigenvalue weighted by Crippen LogP contribution is -2.21. The molecule has 3 N–H and O–H groups in total. The van der Waals surface area contributed by atoms with Crippen molar-refractivity contribution in [2.75, 3.05) is 13.2 Å². The second kappa shape index (κ2) is 7.28. The fourth-order valence-corrected chi connectivity index (χ4v) is 3.15. The van der Waals surface area contributed by atoms with Crippen LogP contribution in [0.15, 0.2) is 41.7 Å². The Hall–Kier alpha value is -3.46. The highest BCUT2D eigenvalue weighted by Gasteiger charge is 2.15. The Morgan fingerprint density at radius 3 is 3.00 bits per heavy atom. The quantitative estimate of drug-likeness (QED) is 0.524. The number of aromatic nitrogens is 6. The SMILES string of the molecule is CCc1c(C)nc2c(-c3cnn(-c4cc(OCCN)ccn4)c3)c[nH]n2c1=O. The summed E-state index contributed by atoms with van der Waals surface area (Å²) < 4.78 is 8.67. The Bertz CT molecular complexity index is 1190. The van der Waals surface area contributed by atoms with Gasteiger partial charge in [-0.1, -0.05) is 6.92 Å². The van der Waals surface area contributed by atoms with E-state index in [1.165, 1.54) is 4.52 Å². The molecule has 4 rings (SSSR count). The monoisotopic (exact) mass is 379 g/mol. The zero-order chi connectivity index (χ0) is 19.7. The van der Waals surface area contributed by atoms with Gasteiger partial charge in [0.25, 0.3) is 5.56 Å². The van der Waals surface area contributed by atoms with Gasteiger partial charge in [0.1, 0.15) is 12.4 Å². The molecule has 0 unspecified atom stereocenters. The van der Waals surface area contributed by atoms with E-state index in [1.54, 1.807) is 35.4 Å². The molecule has 0 aliphatic heterocycles. The molecule has 4 heterocycles. The van der Waals surface area contributed by atoms with Crippen LogP contribution in [0.1, 0.15) is 18.2 Å². The van der Waals surface area contributed by atoms with E-state index in [0.717, 1.165) is 16.8 Å². The molecule has 4 aromatic rings. The van der Waals surface area contributed by atoms with E-state index in [2.05, 4.69) is 20.2 Å². The number of hydrogen-bond donors (Lipinski definition) is 2. The van der Waals surface area contributed by atoms with Crippen LogP contribution in [0.2, 0.25) is 0 Å². The molecule has 4 aromatic heterocycles. The van der Waals surface area contributed by atoms with Crippen LogP contribution in [-0.2, 0) is 6.42 Å². The summed E-state index contributed by atoms with van der Waals surface area (Å²) >= 11 is 0. The van der Waals surface area contributed by atoms with Crippen molar-refractivity contribution in [2.45, 2.75) is 20.3 Å². The molecule has 0 bridgehead atoms. The third kappa shape index (κ3) is 3.05. The number of hydrogen-bond acceptors (Lipinski definition) is 6. The Kier molecular flexibility index (Phi) is 4.66. The number of fused-ring (bicyclic) bond motifs is 1. The summed E-state index contributed by atoms with van der Waals surface area (Å²) in [5, 5.41) is 7.39. The van der Waals surface area contributed by atoms with E-state index < -0.39 is 0 Å². The molecule has 9 nitrogen and oxygen atoms in total.